The molecule has 28 nitrogen and oxygen atoms in total. The maximum absolute atomic E-state index is 14.7. The lowest BCUT2D eigenvalue weighted by Crippen LogP contribution is -2.61. The van der Waals surface area contributed by atoms with Crippen LogP contribution in [0.15, 0.2) is 34.0 Å². The number of nitrogens with one attached hydrogen (secondary N) is 1. The number of carbonyl (C=O) groups excluding carboxylic acids is 5. The van der Waals surface area contributed by atoms with Crippen molar-refractivity contribution in [2.24, 2.45) is 11.7 Å². The van der Waals surface area contributed by atoms with Crippen molar-refractivity contribution in [2.45, 2.75) is 228 Å². The van der Waals surface area contributed by atoms with Crippen LogP contribution in [0, 0.1) is 5.92 Å². The van der Waals surface area contributed by atoms with Crippen LogP contribution in [-0.2, 0) is 80.9 Å². The molecule has 5 heterocycles. The van der Waals surface area contributed by atoms with Gasteiger partial charge in [0, 0.05) is 72.3 Å². The van der Waals surface area contributed by atoms with Gasteiger partial charge in [0.05, 0.1) is 43.7 Å². The molecule has 4 saturated heterocycles. The van der Waals surface area contributed by atoms with Crippen molar-refractivity contribution in [3.63, 3.8) is 0 Å². The average molecular weight is 1200 g/mol. The number of aliphatic hydroxyl groups excluding tert-OH is 2. The Kier molecular flexibility index (Phi) is 27.8. The van der Waals surface area contributed by atoms with E-state index in [1.807, 2.05) is 6.08 Å². The number of nitrogens with zero attached hydrogens (tertiary/aromatic N) is 3. The molecule has 5 rings (SSSR count). The topological polar surface area (TPSA) is 380 Å². The molecule has 1 aromatic rings. The van der Waals surface area contributed by atoms with E-state index >= 15 is 0 Å². The Bertz CT molecular complexity index is 2470. The second-order valence-corrected chi connectivity index (χ2v) is 21.9. The van der Waals surface area contributed by atoms with Gasteiger partial charge in [-0.05, 0) is 51.5 Å². The lowest BCUT2D eigenvalue weighted by atomic mass is 9.96. The Morgan fingerprint density at radius 2 is 1.46 bits per heavy atom. The van der Waals surface area contributed by atoms with Crippen molar-refractivity contribution in [3.05, 3.63) is 45.3 Å². The van der Waals surface area contributed by atoms with Crippen LogP contribution in [0.1, 0.15) is 136 Å². The van der Waals surface area contributed by atoms with E-state index in [9.17, 15) is 58.5 Å². The van der Waals surface area contributed by atoms with E-state index in [2.05, 4.69) is 18.0 Å². The third-order valence-electron chi connectivity index (χ3n) is 15.4. The molecule has 1 amide bonds. The van der Waals surface area contributed by atoms with Gasteiger partial charge in [-0.25, -0.2) is 9.59 Å². The van der Waals surface area contributed by atoms with Crippen LogP contribution in [-0.4, -0.2) is 215 Å². The summed E-state index contributed by atoms with van der Waals surface area (Å²) in [4.78, 5) is 122. The van der Waals surface area contributed by atoms with Crippen LogP contribution < -0.4 is 17.0 Å². The number of aliphatic hydroxyl groups is 2. The molecule has 4 aliphatic rings. The van der Waals surface area contributed by atoms with Gasteiger partial charge in [-0.15, -0.1) is 0 Å². The molecule has 0 saturated carbocycles. The Hall–Kier alpha value is -5.69. The Morgan fingerprint density at radius 1 is 0.786 bits per heavy atom. The van der Waals surface area contributed by atoms with Gasteiger partial charge in [0.25, 0.3) is 5.56 Å². The number of nitrogens with two attached hydrogens (primary N) is 1. The number of esters is 4. The summed E-state index contributed by atoms with van der Waals surface area (Å²) < 4.78 is 59.8. The largest absolute Gasteiger partial charge is 0.481 e. The Morgan fingerprint density at radius 3 is 2.10 bits per heavy atom. The zero-order valence-electron chi connectivity index (χ0n) is 49.0. The van der Waals surface area contributed by atoms with Crippen molar-refractivity contribution in [2.75, 3.05) is 41.4 Å². The Labute approximate surface area is 487 Å². The summed E-state index contributed by atoms with van der Waals surface area (Å²) in [6, 6.07) is -2.21. The first-order valence-electron chi connectivity index (χ1n) is 28.9. The number of allylic oxidation sites excluding steroid dienone is 2. The number of likely N-dealkylation sites (N-methyl/N-ethyl adjacent to an activating group) is 2. The highest BCUT2D eigenvalue weighted by molar-refractivity contribution is 5.89. The Balaban J connectivity index is 1.31. The SMILES string of the molecule is CCCCCCC/C=C/CCCC(CC(=O)OC1CN(C)C(C(OC2CC(O)C(CN)O2)C2OC(n3ccc(=O)[nH]c3=O)CC2O)C(=O)N(C)C1C(=O)O)OC(=O)CC(C)CC(=O)OC1OC(CC)C(OC)C(OC(=O)CCC(=O)O)C1OC. The molecule has 474 valence electrons. The number of carbonyl (C=O) groups is 7. The number of aromatic amines is 1. The minimum atomic E-state index is -1.80. The summed E-state index contributed by atoms with van der Waals surface area (Å²) in [6.07, 6.45) is -5.85. The predicted octanol–water partition coefficient (Wildman–Crippen LogP) is 1.43. The van der Waals surface area contributed by atoms with Crippen LogP contribution in [0.3, 0.4) is 0 Å². The van der Waals surface area contributed by atoms with E-state index in [-0.39, 0.29) is 38.6 Å². The van der Waals surface area contributed by atoms with E-state index in [0.717, 1.165) is 47.6 Å². The highest BCUT2D eigenvalue weighted by Gasteiger charge is 2.55. The molecule has 7 N–H and O–H groups in total. The van der Waals surface area contributed by atoms with E-state index in [1.165, 1.54) is 45.8 Å². The molecule has 84 heavy (non-hydrogen) atoms. The second kappa shape index (κ2) is 33.9. The lowest BCUT2D eigenvalue weighted by Gasteiger charge is -2.44. The van der Waals surface area contributed by atoms with Crippen molar-refractivity contribution >= 4 is 41.7 Å². The second-order valence-electron chi connectivity index (χ2n) is 21.9. The highest BCUT2D eigenvalue weighted by Crippen LogP contribution is 2.37. The lowest BCUT2D eigenvalue weighted by molar-refractivity contribution is -0.299. The normalized spacial score (nSPS) is 29.5. The van der Waals surface area contributed by atoms with Gasteiger partial charge in [-0.2, -0.15) is 0 Å². The molecule has 17 atom stereocenters. The maximum Gasteiger partial charge on any atom is 0.330 e. The molecular formula is C56H87N5O23. The number of carboxylic acids is 2. The fraction of sp³-hybridized carbons (Fsp3) is 0.768. The quantitative estimate of drug-likeness (QED) is 0.0251. The molecule has 0 aromatic carbocycles. The number of aromatic nitrogens is 2. The predicted molar refractivity (Wildman–Crippen MR) is 292 cm³/mol. The van der Waals surface area contributed by atoms with Gasteiger partial charge in [-0.3, -0.25) is 48.0 Å². The summed E-state index contributed by atoms with van der Waals surface area (Å²) in [5, 5.41) is 42.0. The summed E-state index contributed by atoms with van der Waals surface area (Å²) in [5.41, 5.74) is 4.29. The fourth-order valence-electron chi connectivity index (χ4n) is 11.0. The van der Waals surface area contributed by atoms with Gasteiger partial charge in [0.2, 0.25) is 12.2 Å². The summed E-state index contributed by atoms with van der Waals surface area (Å²) >= 11 is 0. The number of hydrogen-bond acceptors (Lipinski definition) is 23. The fourth-order valence-corrected chi connectivity index (χ4v) is 11.0. The summed E-state index contributed by atoms with van der Waals surface area (Å²) in [7, 11) is 5.28. The van der Waals surface area contributed by atoms with Crippen LogP contribution in [0.5, 0.6) is 0 Å². The molecule has 0 bridgehead atoms. The number of amides is 1. The van der Waals surface area contributed by atoms with Crippen molar-refractivity contribution in [1.82, 2.24) is 19.4 Å². The number of aliphatic carboxylic acids is 2. The van der Waals surface area contributed by atoms with E-state index in [1.54, 1.807) is 13.8 Å². The summed E-state index contributed by atoms with van der Waals surface area (Å²) in [5.74, 6) is -7.71. The molecule has 28 heteroatoms. The number of carboxylic acid groups (broad SMARTS) is 2. The number of rotatable bonds is 33. The van der Waals surface area contributed by atoms with Crippen LogP contribution >= 0.6 is 0 Å². The average Bonchev–Trinajstić information content (AvgIpc) is 2.06. The molecule has 1 aromatic heterocycles. The standard InChI is InChI=1S/C56H87N5O23/c1-8-10-11-12-13-14-15-16-17-18-19-32(77-42(68)24-31(3)25-43(69)83-55-52(76-7)51(49(75-6)35(9-2)80-55)82-41(67)21-20-40(65)66)26-44(70)78-37-30-59(4)47(53(71)60(5)46(37)54(72)73)50(84-45-28-33(62)36(29-57)79-45)48-34(63)27-39(81-48)61-23-22-38(64)58-56(61)74/h15-16,22-23,31-37,39,45-52,55,62-63H,8-14,17-21,24-30,57H2,1-7H3,(H,65,66)(H,72,73)(H,58,64,74)/b16-15+. The first kappa shape index (κ1) is 69.1. The van der Waals surface area contributed by atoms with Gasteiger partial charge in [0.15, 0.2) is 24.5 Å². The molecule has 0 radical (unpaired) electrons. The first-order valence-corrected chi connectivity index (χ1v) is 28.9. The van der Waals surface area contributed by atoms with E-state index in [4.69, 9.17) is 58.2 Å². The smallest absolute Gasteiger partial charge is 0.330 e. The highest BCUT2D eigenvalue weighted by atomic mass is 16.7. The third kappa shape index (κ3) is 19.7. The van der Waals surface area contributed by atoms with E-state index in [0.29, 0.717) is 19.3 Å². The molecule has 0 aliphatic carbocycles. The van der Waals surface area contributed by atoms with Gasteiger partial charge in [-0.1, -0.05) is 58.6 Å². The molecule has 0 spiro atoms. The number of unbranched alkanes of at least 4 members (excludes halogenated alkanes) is 6. The minimum Gasteiger partial charge on any atom is -0.481 e. The van der Waals surface area contributed by atoms with Crippen molar-refractivity contribution < 1.29 is 101 Å². The van der Waals surface area contributed by atoms with Crippen LogP contribution in [0.25, 0.3) is 0 Å². The van der Waals surface area contributed by atoms with Crippen LogP contribution in [0.2, 0.25) is 0 Å². The number of ether oxygens (including phenoxy) is 10. The number of H-pyrrole nitrogens is 1. The van der Waals surface area contributed by atoms with Crippen molar-refractivity contribution in [3.8, 4) is 0 Å². The molecule has 4 fully saturated rings. The van der Waals surface area contributed by atoms with Gasteiger partial charge < -0.3 is 78.4 Å². The maximum atomic E-state index is 14.7. The first-order chi connectivity index (χ1) is 40.0. The monoisotopic (exact) mass is 1200 g/mol. The van der Waals surface area contributed by atoms with E-state index < -0.39 is 183 Å². The molecule has 4 aliphatic heterocycles. The third-order valence-corrected chi connectivity index (χ3v) is 15.4. The zero-order chi connectivity index (χ0) is 61.8. The van der Waals surface area contributed by atoms with Gasteiger partial charge in [0.1, 0.15) is 42.8 Å². The number of hydrogen-bond donors (Lipinski definition) is 6. The zero-order valence-corrected chi connectivity index (χ0v) is 49.0. The molecular weight excluding hydrogens is 1110 g/mol. The van der Waals surface area contributed by atoms with Crippen LogP contribution in [0.4, 0.5) is 0 Å². The van der Waals surface area contributed by atoms with Crippen molar-refractivity contribution in [1.29, 1.82) is 0 Å². The summed E-state index contributed by atoms with van der Waals surface area (Å²) in [6.45, 7) is 5.00. The number of methoxy groups -OCH3 is 2. The van der Waals surface area contributed by atoms with Gasteiger partial charge >= 0.3 is 41.5 Å². The minimum absolute atomic E-state index is 0.0930. The molecule has 17 unspecified atom stereocenters.